The Morgan fingerprint density at radius 3 is 2.23 bits per heavy atom. The zero-order valence-electron chi connectivity index (χ0n) is 16.1. The lowest BCUT2D eigenvalue weighted by molar-refractivity contribution is -0.137. The molecule has 10 heteroatoms. The minimum absolute atomic E-state index is 0.105. The van der Waals surface area contributed by atoms with Gasteiger partial charge in [0.15, 0.2) is 0 Å². The molecular weight excluding hydrogens is 421 g/mol. The predicted octanol–water partition coefficient (Wildman–Crippen LogP) is 3.75. The first-order valence-corrected chi connectivity index (χ1v) is 10.7. The van der Waals surface area contributed by atoms with E-state index in [4.69, 9.17) is 4.74 Å². The van der Waals surface area contributed by atoms with E-state index in [9.17, 15) is 26.4 Å². The lowest BCUT2D eigenvalue weighted by Crippen LogP contribution is -2.41. The number of nitrogens with one attached hydrogen (secondary N) is 1. The van der Waals surface area contributed by atoms with Crippen LogP contribution >= 0.6 is 0 Å². The van der Waals surface area contributed by atoms with Gasteiger partial charge in [-0.05, 0) is 49.2 Å². The minimum Gasteiger partial charge on any atom is -0.497 e. The Morgan fingerprint density at radius 2 is 1.67 bits per heavy atom. The molecule has 2 aromatic carbocycles. The Kier molecular flexibility index (Phi) is 6.37. The molecule has 1 N–H and O–H groups in total. The number of alkyl halides is 3. The van der Waals surface area contributed by atoms with Crippen molar-refractivity contribution >= 4 is 21.6 Å². The molecule has 0 atom stereocenters. The fourth-order valence-corrected chi connectivity index (χ4v) is 4.80. The van der Waals surface area contributed by atoms with E-state index < -0.39 is 33.6 Å². The van der Waals surface area contributed by atoms with Gasteiger partial charge in [0.05, 0.1) is 23.3 Å². The molecule has 0 bridgehead atoms. The number of nitrogens with zero attached hydrogens (tertiary/aromatic N) is 1. The van der Waals surface area contributed by atoms with E-state index in [-0.39, 0.29) is 36.5 Å². The van der Waals surface area contributed by atoms with Gasteiger partial charge in [-0.25, -0.2) is 8.42 Å². The van der Waals surface area contributed by atoms with Crippen LogP contribution in [0, 0.1) is 5.92 Å². The third-order valence-corrected chi connectivity index (χ3v) is 6.93. The second kappa shape index (κ2) is 8.65. The molecular formula is C20H21F3N2O4S. The molecule has 6 nitrogen and oxygen atoms in total. The number of hydrogen-bond acceptors (Lipinski definition) is 4. The number of benzene rings is 2. The summed E-state index contributed by atoms with van der Waals surface area (Å²) < 4.78 is 71.1. The van der Waals surface area contributed by atoms with Crippen molar-refractivity contribution in [3.05, 3.63) is 54.1 Å². The van der Waals surface area contributed by atoms with Gasteiger partial charge in [0, 0.05) is 19.0 Å². The lowest BCUT2D eigenvalue weighted by atomic mass is 9.97. The monoisotopic (exact) mass is 442 g/mol. The van der Waals surface area contributed by atoms with Gasteiger partial charge >= 0.3 is 6.18 Å². The minimum atomic E-state index is -4.58. The van der Waals surface area contributed by atoms with Crippen molar-refractivity contribution in [3.63, 3.8) is 0 Å². The lowest BCUT2D eigenvalue weighted by Gasteiger charge is -2.30. The molecule has 1 amide bonds. The van der Waals surface area contributed by atoms with Crippen LogP contribution < -0.4 is 10.1 Å². The van der Waals surface area contributed by atoms with Crippen LogP contribution in [-0.4, -0.2) is 38.8 Å². The molecule has 1 fully saturated rings. The van der Waals surface area contributed by atoms with Gasteiger partial charge in [-0.2, -0.15) is 17.5 Å². The molecule has 2 aromatic rings. The highest BCUT2D eigenvalue weighted by Gasteiger charge is 2.35. The van der Waals surface area contributed by atoms with E-state index in [1.54, 1.807) is 12.1 Å². The first-order valence-electron chi connectivity index (χ1n) is 9.24. The van der Waals surface area contributed by atoms with Crippen molar-refractivity contribution in [3.8, 4) is 5.75 Å². The second-order valence-electron chi connectivity index (χ2n) is 6.89. The van der Waals surface area contributed by atoms with Crippen LogP contribution in [0.5, 0.6) is 5.75 Å². The SMILES string of the molecule is COc1ccc(S(=O)(=O)N2CCC(C(=O)Nc3ccccc3C(F)(F)F)CC2)cc1. The van der Waals surface area contributed by atoms with Gasteiger partial charge in [-0.15, -0.1) is 0 Å². The van der Waals surface area contributed by atoms with Crippen molar-refractivity contribution in [1.82, 2.24) is 4.31 Å². The maximum Gasteiger partial charge on any atom is 0.418 e. The summed E-state index contributed by atoms with van der Waals surface area (Å²) in [5.41, 5.74) is -1.22. The number of methoxy groups -OCH3 is 1. The summed E-state index contributed by atoms with van der Waals surface area (Å²) in [7, 11) is -2.25. The van der Waals surface area contributed by atoms with Crippen LogP contribution in [0.15, 0.2) is 53.4 Å². The van der Waals surface area contributed by atoms with E-state index in [1.807, 2.05) is 0 Å². The van der Waals surface area contributed by atoms with E-state index in [0.717, 1.165) is 6.07 Å². The van der Waals surface area contributed by atoms with Crippen molar-refractivity contribution in [1.29, 1.82) is 0 Å². The van der Waals surface area contributed by atoms with Crippen LogP contribution in [0.1, 0.15) is 18.4 Å². The van der Waals surface area contributed by atoms with Crippen molar-refractivity contribution in [2.75, 3.05) is 25.5 Å². The molecule has 0 aromatic heterocycles. The maximum absolute atomic E-state index is 13.1. The summed E-state index contributed by atoms with van der Waals surface area (Å²) in [6.45, 7) is 0.209. The third kappa shape index (κ3) is 4.76. The van der Waals surface area contributed by atoms with Gasteiger partial charge < -0.3 is 10.1 Å². The summed E-state index contributed by atoms with van der Waals surface area (Å²) >= 11 is 0. The van der Waals surface area contributed by atoms with Crippen LogP contribution in [0.2, 0.25) is 0 Å². The standard InChI is InChI=1S/C20H21F3N2O4S/c1-29-15-6-8-16(9-7-15)30(27,28)25-12-10-14(11-13-25)19(26)24-18-5-3-2-4-17(18)20(21,22)23/h2-9,14H,10-13H2,1H3,(H,24,26). The van der Waals surface area contributed by atoms with Crippen molar-refractivity contribution < 1.29 is 31.1 Å². The highest BCUT2D eigenvalue weighted by molar-refractivity contribution is 7.89. The fraction of sp³-hybridized carbons (Fsp3) is 0.350. The molecule has 1 aliphatic heterocycles. The Hall–Kier alpha value is -2.59. The number of para-hydroxylation sites is 1. The zero-order chi connectivity index (χ0) is 21.9. The van der Waals surface area contributed by atoms with Crippen LogP contribution in [0.4, 0.5) is 18.9 Å². The Bertz CT molecular complexity index is 999. The second-order valence-corrected chi connectivity index (χ2v) is 8.82. The highest BCUT2D eigenvalue weighted by Crippen LogP contribution is 2.35. The number of amides is 1. The number of hydrogen-bond donors (Lipinski definition) is 1. The zero-order valence-corrected chi connectivity index (χ0v) is 17.0. The first-order chi connectivity index (χ1) is 14.1. The molecule has 0 spiro atoms. The van der Waals surface area contributed by atoms with Crippen molar-refractivity contribution in [2.24, 2.45) is 5.92 Å². The van der Waals surface area contributed by atoms with E-state index in [1.165, 1.54) is 41.7 Å². The average molecular weight is 442 g/mol. The number of sulfonamides is 1. The number of ether oxygens (including phenoxy) is 1. The number of rotatable bonds is 5. The Balaban J connectivity index is 1.65. The summed E-state index contributed by atoms with van der Waals surface area (Å²) in [6.07, 6.45) is -4.15. The first kappa shape index (κ1) is 22.1. The van der Waals surface area contributed by atoms with E-state index in [2.05, 4.69) is 5.32 Å². The average Bonchev–Trinajstić information content (AvgIpc) is 2.73. The molecule has 0 unspecified atom stereocenters. The van der Waals surface area contributed by atoms with E-state index in [0.29, 0.717) is 5.75 Å². The quantitative estimate of drug-likeness (QED) is 0.765. The van der Waals surface area contributed by atoms with Gasteiger partial charge in [0.2, 0.25) is 15.9 Å². The molecule has 0 aliphatic carbocycles. The van der Waals surface area contributed by atoms with Gasteiger partial charge in [-0.3, -0.25) is 4.79 Å². The number of anilines is 1. The third-order valence-electron chi connectivity index (χ3n) is 5.01. The molecule has 1 saturated heterocycles. The number of carbonyl (C=O) groups excluding carboxylic acids is 1. The van der Waals surface area contributed by atoms with Crippen LogP contribution in [0.25, 0.3) is 0 Å². The predicted molar refractivity (Wildman–Crippen MR) is 105 cm³/mol. The van der Waals surface area contributed by atoms with E-state index >= 15 is 0 Å². The molecule has 30 heavy (non-hydrogen) atoms. The summed E-state index contributed by atoms with van der Waals surface area (Å²) in [4.78, 5) is 12.6. The molecule has 0 radical (unpaired) electrons. The summed E-state index contributed by atoms with van der Waals surface area (Å²) in [5, 5.41) is 2.34. The maximum atomic E-state index is 13.1. The fourth-order valence-electron chi connectivity index (χ4n) is 3.33. The molecule has 1 aliphatic rings. The normalized spacial score (nSPS) is 16.3. The van der Waals surface area contributed by atoms with Crippen molar-refractivity contribution in [2.45, 2.75) is 23.9 Å². The summed E-state index contributed by atoms with van der Waals surface area (Å²) in [6, 6.07) is 10.7. The number of piperidine rings is 1. The van der Waals surface area contributed by atoms with Gasteiger partial charge in [-0.1, -0.05) is 12.1 Å². The number of halogens is 3. The molecule has 3 rings (SSSR count). The number of carbonyl (C=O) groups is 1. The molecule has 0 saturated carbocycles. The van der Waals surface area contributed by atoms with Crippen LogP contribution in [0.3, 0.4) is 0 Å². The molecule has 1 heterocycles. The smallest absolute Gasteiger partial charge is 0.418 e. The van der Waals surface area contributed by atoms with Gasteiger partial charge in [0.25, 0.3) is 0 Å². The topological polar surface area (TPSA) is 75.7 Å². The summed E-state index contributed by atoms with van der Waals surface area (Å²) in [5.74, 6) is -0.592. The highest BCUT2D eigenvalue weighted by atomic mass is 32.2. The Morgan fingerprint density at radius 1 is 1.07 bits per heavy atom. The Labute approximate surface area is 172 Å². The largest absolute Gasteiger partial charge is 0.497 e. The molecule has 162 valence electrons. The van der Waals surface area contributed by atoms with Crippen LogP contribution in [-0.2, 0) is 21.0 Å². The van der Waals surface area contributed by atoms with Gasteiger partial charge in [0.1, 0.15) is 5.75 Å².